The van der Waals surface area contributed by atoms with Gasteiger partial charge in [-0.25, -0.2) is 14.8 Å². The summed E-state index contributed by atoms with van der Waals surface area (Å²) in [5.41, 5.74) is 0.834. The Bertz CT molecular complexity index is 1550. The molecule has 13 heteroatoms. The molecule has 0 unspecified atom stereocenters. The van der Waals surface area contributed by atoms with E-state index in [1.165, 1.54) is 6.07 Å². The van der Waals surface area contributed by atoms with Crippen molar-refractivity contribution in [3.8, 4) is 11.1 Å². The Balaban J connectivity index is 1.23. The number of nitrogens with one attached hydrogen (secondary N) is 2. The highest BCUT2D eigenvalue weighted by Crippen LogP contribution is 2.34. The van der Waals surface area contributed by atoms with Gasteiger partial charge in [0.25, 0.3) is 5.91 Å². The van der Waals surface area contributed by atoms with Crippen LogP contribution in [-0.4, -0.2) is 78.4 Å². The highest BCUT2D eigenvalue weighted by Gasteiger charge is 2.31. The number of carbonyl (C=O) groups is 2. The van der Waals surface area contributed by atoms with Crippen LogP contribution in [0.25, 0.3) is 11.1 Å². The number of aromatic nitrogens is 2. The first-order valence-electron chi connectivity index (χ1n) is 15.7. The van der Waals surface area contributed by atoms with Crippen molar-refractivity contribution >= 4 is 17.9 Å². The number of carbonyl (C=O) groups excluding carboxylic acids is 2. The summed E-state index contributed by atoms with van der Waals surface area (Å²) in [5, 5.41) is 5.58. The van der Waals surface area contributed by atoms with Crippen molar-refractivity contribution in [3.05, 3.63) is 77.1 Å². The lowest BCUT2D eigenvalue weighted by molar-refractivity contribution is -0.137. The van der Waals surface area contributed by atoms with Crippen molar-refractivity contribution in [2.45, 2.75) is 52.1 Å². The van der Waals surface area contributed by atoms with Crippen LogP contribution < -0.4 is 15.5 Å². The molecule has 2 aromatic carbocycles. The minimum absolute atomic E-state index is 0.0247. The Hall–Kier alpha value is -4.23. The molecule has 2 fully saturated rings. The first-order valence-corrected chi connectivity index (χ1v) is 15.7. The zero-order chi connectivity index (χ0) is 33.8. The molecule has 2 saturated heterocycles. The van der Waals surface area contributed by atoms with E-state index < -0.39 is 29.5 Å². The van der Waals surface area contributed by atoms with Gasteiger partial charge in [-0.1, -0.05) is 30.3 Å². The lowest BCUT2D eigenvalue weighted by atomic mass is 9.95. The summed E-state index contributed by atoms with van der Waals surface area (Å²) < 4.78 is 51.4. The predicted molar refractivity (Wildman–Crippen MR) is 171 cm³/mol. The van der Waals surface area contributed by atoms with Gasteiger partial charge in [0, 0.05) is 51.4 Å². The lowest BCUT2D eigenvalue weighted by Crippen LogP contribution is -2.50. The first kappa shape index (κ1) is 34.1. The van der Waals surface area contributed by atoms with E-state index in [1.54, 1.807) is 57.3 Å². The van der Waals surface area contributed by atoms with Gasteiger partial charge in [-0.2, -0.15) is 13.2 Å². The van der Waals surface area contributed by atoms with E-state index in [4.69, 9.17) is 9.47 Å². The highest BCUT2D eigenvalue weighted by atomic mass is 19.4. The number of benzene rings is 2. The van der Waals surface area contributed by atoms with Crippen molar-refractivity contribution < 1.29 is 32.2 Å². The second kappa shape index (κ2) is 14.3. The second-order valence-corrected chi connectivity index (χ2v) is 13.0. The Labute approximate surface area is 272 Å². The van der Waals surface area contributed by atoms with E-state index in [9.17, 15) is 22.8 Å². The minimum atomic E-state index is -4.54. The number of amides is 2. The Morgan fingerprint density at radius 1 is 1.02 bits per heavy atom. The van der Waals surface area contributed by atoms with Crippen LogP contribution in [0.5, 0.6) is 0 Å². The van der Waals surface area contributed by atoms with Crippen LogP contribution in [0, 0.1) is 5.92 Å². The molecule has 0 aliphatic carbocycles. The fraction of sp³-hybridized carbons (Fsp3) is 0.471. The van der Waals surface area contributed by atoms with Crippen LogP contribution in [-0.2, 0) is 22.2 Å². The maximum atomic E-state index is 13.6. The molecule has 252 valence electrons. The zero-order valence-corrected chi connectivity index (χ0v) is 27.1. The van der Waals surface area contributed by atoms with Crippen molar-refractivity contribution in [2.24, 2.45) is 5.92 Å². The van der Waals surface area contributed by atoms with E-state index >= 15 is 0 Å². The SMILES string of the molecule is C[C@@H](NC(=O)c1ccnc(N2CCN(CC3COC3)CC2)n1)c1ccc(-c2cc(C(F)(F)F)ccc2CNC(=O)OC(C)(C)C)cc1. The largest absolute Gasteiger partial charge is 0.444 e. The normalized spacial score (nSPS) is 16.7. The fourth-order valence-electron chi connectivity index (χ4n) is 5.48. The van der Waals surface area contributed by atoms with Crippen molar-refractivity contribution in [2.75, 3.05) is 50.8 Å². The zero-order valence-electron chi connectivity index (χ0n) is 27.1. The molecule has 0 bridgehead atoms. The third-order valence-electron chi connectivity index (χ3n) is 8.08. The Kier molecular flexibility index (Phi) is 10.4. The number of ether oxygens (including phenoxy) is 2. The number of anilines is 1. The van der Waals surface area contributed by atoms with Crippen molar-refractivity contribution in [3.63, 3.8) is 0 Å². The van der Waals surface area contributed by atoms with Crippen LogP contribution in [0.3, 0.4) is 0 Å². The van der Waals surface area contributed by atoms with Gasteiger partial charge in [0.1, 0.15) is 11.3 Å². The molecule has 3 heterocycles. The number of piperazine rings is 1. The number of hydrogen-bond donors (Lipinski definition) is 2. The van der Waals surface area contributed by atoms with Gasteiger partial charge in [-0.3, -0.25) is 9.69 Å². The molecule has 2 amide bonds. The van der Waals surface area contributed by atoms with Crippen LogP contribution in [0.4, 0.5) is 23.9 Å². The summed E-state index contributed by atoms with van der Waals surface area (Å²) >= 11 is 0. The van der Waals surface area contributed by atoms with Gasteiger partial charge in [0.15, 0.2) is 0 Å². The van der Waals surface area contributed by atoms with Gasteiger partial charge in [0.2, 0.25) is 5.95 Å². The first-order chi connectivity index (χ1) is 22.2. The summed E-state index contributed by atoms with van der Waals surface area (Å²) in [7, 11) is 0. The monoisotopic (exact) mass is 654 g/mol. The van der Waals surface area contributed by atoms with Crippen LogP contribution >= 0.6 is 0 Å². The van der Waals surface area contributed by atoms with E-state index in [1.807, 2.05) is 6.92 Å². The van der Waals surface area contributed by atoms with Gasteiger partial charge >= 0.3 is 12.3 Å². The minimum Gasteiger partial charge on any atom is -0.444 e. The topological polar surface area (TPSA) is 109 Å². The summed E-state index contributed by atoms with van der Waals surface area (Å²) in [6.07, 6.45) is -3.62. The third-order valence-corrected chi connectivity index (χ3v) is 8.08. The summed E-state index contributed by atoms with van der Waals surface area (Å²) in [6, 6.07) is 11.5. The molecule has 3 aromatic rings. The summed E-state index contributed by atoms with van der Waals surface area (Å²) in [5.74, 6) is 0.760. The Morgan fingerprint density at radius 3 is 2.34 bits per heavy atom. The quantitative estimate of drug-likeness (QED) is 0.314. The number of rotatable bonds is 9. The molecule has 0 saturated carbocycles. The van der Waals surface area contributed by atoms with Crippen molar-refractivity contribution in [1.82, 2.24) is 25.5 Å². The molecule has 5 rings (SSSR count). The lowest BCUT2D eigenvalue weighted by Gasteiger charge is -2.38. The average molecular weight is 655 g/mol. The van der Waals surface area contributed by atoms with Crippen LogP contribution in [0.15, 0.2) is 54.7 Å². The van der Waals surface area contributed by atoms with Crippen LogP contribution in [0.1, 0.15) is 60.9 Å². The molecule has 1 atom stereocenters. The number of nitrogens with zero attached hydrogens (tertiary/aromatic N) is 4. The number of alkyl carbamates (subject to hydrolysis) is 1. The summed E-state index contributed by atoms with van der Waals surface area (Å²) in [4.78, 5) is 38.8. The van der Waals surface area contributed by atoms with Gasteiger partial charge in [-0.05, 0) is 68.1 Å². The molecule has 10 nitrogen and oxygen atoms in total. The maximum absolute atomic E-state index is 13.6. The maximum Gasteiger partial charge on any atom is 0.416 e. The van der Waals surface area contributed by atoms with Gasteiger partial charge in [0.05, 0.1) is 24.8 Å². The average Bonchev–Trinajstić information content (AvgIpc) is 3.01. The molecule has 1 aromatic heterocycles. The highest BCUT2D eigenvalue weighted by molar-refractivity contribution is 5.92. The third kappa shape index (κ3) is 9.19. The standard InChI is InChI=1S/C34H41F3N6O4/c1-22(40-30(44)29-11-12-38-31(41-29)43-15-13-42(14-16-43)19-23-20-46-21-23)24-5-7-25(8-6-24)28-17-27(34(35,36)37)10-9-26(28)18-39-32(45)47-33(2,3)4/h5-12,17,22-23H,13-16,18-21H2,1-4H3,(H,39,45)(H,40,44)/t22-/m1/s1. The molecule has 2 N–H and O–H groups in total. The molecule has 2 aliphatic rings. The van der Waals surface area contributed by atoms with Crippen LogP contribution in [0.2, 0.25) is 0 Å². The molecule has 47 heavy (non-hydrogen) atoms. The van der Waals surface area contributed by atoms with Crippen molar-refractivity contribution in [1.29, 1.82) is 0 Å². The van der Waals surface area contributed by atoms with E-state index in [0.29, 0.717) is 28.6 Å². The fourth-order valence-corrected chi connectivity index (χ4v) is 5.48. The Morgan fingerprint density at radius 2 is 1.72 bits per heavy atom. The smallest absolute Gasteiger partial charge is 0.416 e. The molecular weight excluding hydrogens is 613 g/mol. The molecule has 0 spiro atoms. The molecule has 2 aliphatic heterocycles. The van der Waals surface area contributed by atoms with E-state index in [-0.39, 0.29) is 18.1 Å². The second-order valence-electron chi connectivity index (χ2n) is 13.0. The molecule has 0 radical (unpaired) electrons. The number of halogens is 3. The summed E-state index contributed by atoms with van der Waals surface area (Å²) in [6.45, 7) is 13.0. The van der Waals surface area contributed by atoms with Gasteiger partial charge < -0.3 is 25.0 Å². The number of alkyl halides is 3. The predicted octanol–water partition coefficient (Wildman–Crippen LogP) is 5.45. The molecular formula is C34H41F3N6O4. The van der Waals surface area contributed by atoms with E-state index in [2.05, 4.69) is 30.4 Å². The number of hydrogen-bond acceptors (Lipinski definition) is 8. The van der Waals surface area contributed by atoms with Gasteiger partial charge in [-0.15, -0.1) is 0 Å². The van der Waals surface area contributed by atoms with E-state index in [0.717, 1.165) is 63.6 Å².